The fourth-order valence-corrected chi connectivity index (χ4v) is 3.27. The minimum atomic E-state index is -0.374. The molecule has 0 N–H and O–H groups in total. The minimum absolute atomic E-state index is 0. The average molecular weight is 439 g/mol. The van der Waals surface area contributed by atoms with Crippen LogP contribution in [-0.2, 0) is 0 Å². The van der Waals surface area contributed by atoms with Crippen LogP contribution in [-0.4, -0.2) is 56.9 Å². The number of benzene rings is 2. The van der Waals surface area contributed by atoms with Gasteiger partial charge in [0.25, 0.3) is 0 Å². The number of halogens is 1. The molecule has 0 aliphatic rings. The first-order valence-electron chi connectivity index (χ1n) is 9.24. The summed E-state index contributed by atoms with van der Waals surface area (Å²) in [5, 5.41) is 0. The van der Waals surface area contributed by atoms with Gasteiger partial charge in [-0.05, 0) is 68.7 Å². The maximum Gasteiger partial charge on any atom is 0.414 e. The van der Waals surface area contributed by atoms with Crippen molar-refractivity contribution in [1.29, 1.82) is 0 Å². The molecular formula is C22H31ClN2O3S. The van der Waals surface area contributed by atoms with Crippen LogP contribution in [0.4, 0.5) is 4.79 Å². The van der Waals surface area contributed by atoms with Crippen molar-refractivity contribution in [2.75, 3.05) is 41.1 Å². The molecule has 0 saturated carbocycles. The number of nitrogens with zero attached hydrogens (tertiary/aromatic N) is 2. The number of thioether (sulfide) groups is 1. The van der Waals surface area contributed by atoms with Gasteiger partial charge in [0.15, 0.2) is 0 Å². The third-order valence-corrected chi connectivity index (χ3v) is 5.23. The third-order valence-electron chi connectivity index (χ3n) is 4.49. The molecule has 1 unspecified atom stereocenters. The van der Waals surface area contributed by atoms with Crippen LogP contribution in [0.15, 0.2) is 47.4 Å². The Morgan fingerprint density at radius 1 is 1.07 bits per heavy atom. The van der Waals surface area contributed by atoms with Gasteiger partial charge in [-0.1, -0.05) is 12.1 Å². The standard InChI is InChI=1S/C22H30N2O3S.ClH/c1-16-15-17(7-12-21(16)27-22(25)24(4)5)20(23(2)3)13-14-26-18-8-10-19(28-6)11-9-18;/h7-12,15,20H,13-14H2,1-6H3;1H. The summed E-state index contributed by atoms with van der Waals surface area (Å²) in [6.07, 6.45) is 2.54. The normalized spacial score (nSPS) is 11.6. The second-order valence-corrected chi connectivity index (χ2v) is 7.96. The minimum Gasteiger partial charge on any atom is -0.494 e. The number of amides is 1. The Labute approximate surface area is 184 Å². The smallest absolute Gasteiger partial charge is 0.414 e. The van der Waals surface area contributed by atoms with E-state index in [4.69, 9.17) is 9.47 Å². The van der Waals surface area contributed by atoms with Crippen LogP contribution in [0.25, 0.3) is 0 Å². The van der Waals surface area contributed by atoms with Gasteiger partial charge >= 0.3 is 6.09 Å². The SMILES string of the molecule is CSc1ccc(OCCC(c2ccc(OC(=O)N(C)C)c(C)c2)N(C)C)cc1.Cl. The van der Waals surface area contributed by atoms with E-state index in [1.807, 2.05) is 31.2 Å². The maximum absolute atomic E-state index is 11.8. The predicted octanol–water partition coefficient (Wildman–Crippen LogP) is 5.27. The Morgan fingerprint density at radius 2 is 1.72 bits per heavy atom. The molecule has 0 aliphatic carbocycles. The summed E-state index contributed by atoms with van der Waals surface area (Å²) in [6.45, 7) is 2.58. The predicted molar refractivity (Wildman–Crippen MR) is 123 cm³/mol. The Balaban J connectivity index is 0.00000420. The molecule has 0 radical (unpaired) electrons. The van der Waals surface area contributed by atoms with Crippen LogP contribution in [0, 0.1) is 6.92 Å². The van der Waals surface area contributed by atoms with Crippen LogP contribution in [0.1, 0.15) is 23.6 Å². The number of carbonyl (C=O) groups excluding carboxylic acids is 1. The number of carbonyl (C=O) groups is 1. The van der Waals surface area contributed by atoms with E-state index in [-0.39, 0.29) is 24.5 Å². The molecule has 0 saturated heterocycles. The zero-order valence-corrected chi connectivity index (χ0v) is 19.6. The van der Waals surface area contributed by atoms with Gasteiger partial charge in [0.1, 0.15) is 11.5 Å². The van der Waals surface area contributed by atoms with Crippen LogP contribution in [0.2, 0.25) is 0 Å². The summed E-state index contributed by atoms with van der Waals surface area (Å²) in [5.41, 5.74) is 2.11. The van der Waals surface area contributed by atoms with E-state index in [1.165, 1.54) is 15.4 Å². The lowest BCUT2D eigenvalue weighted by molar-refractivity contribution is 0.171. The first-order chi connectivity index (χ1) is 13.3. The van der Waals surface area contributed by atoms with Crippen molar-refractivity contribution in [2.24, 2.45) is 0 Å². The molecule has 1 atom stereocenters. The fourth-order valence-electron chi connectivity index (χ4n) is 2.86. The lowest BCUT2D eigenvalue weighted by Gasteiger charge is -2.25. The Hall–Kier alpha value is -1.89. The van der Waals surface area contributed by atoms with Crippen LogP contribution in [0.5, 0.6) is 11.5 Å². The molecule has 0 heterocycles. The summed E-state index contributed by atoms with van der Waals surface area (Å²) in [4.78, 5) is 16.6. The molecule has 7 heteroatoms. The Morgan fingerprint density at radius 3 is 2.24 bits per heavy atom. The average Bonchev–Trinajstić information content (AvgIpc) is 2.67. The van der Waals surface area contributed by atoms with Gasteiger partial charge in [0.05, 0.1) is 6.61 Å². The number of aryl methyl sites for hydroxylation is 1. The van der Waals surface area contributed by atoms with Crippen molar-refractivity contribution < 1.29 is 14.3 Å². The van der Waals surface area contributed by atoms with Gasteiger partial charge in [0, 0.05) is 31.5 Å². The van der Waals surface area contributed by atoms with E-state index >= 15 is 0 Å². The molecule has 0 aromatic heterocycles. The Bertz CT molecular complexity index is 782. The summed E-state index contributed by atoms with van der Waals surface area (Å²) >= 11 is 1.72. The van der Waals surface area contributed by atoms with Gasteiger partial charge < -0.3 is 19.3 Å². The van der Waals surface area contributed by atoms with Crippen LogP contribution in [0.3, 0.4) is 0 Å². The molecule has 0 spiro atoms. The summed E-state index contributed by atoms with van der Waals surface area (Å²) in [6, 6.07) is 14.3. The molecule has 1 amide bonds. The lowest BCUT2D eigenvalue weighted by atomic mass is 10.0. The third kappa shape index (κ3) is 7.46. The van der Waals surface area contributed by atoms with Crippen molar-refractivity contribution in [3.63, 3.8) is 0 Å². The van der Waals surface area contributed by atoms with E-state index in [1.54, 1.807) is 25.9 Å². The molecule has 2 aromatic carbocycles. The topological polar surface area (TPSA) is 42.0 Å². The quantitative estimate of drug-likeness (QED) is 0.525. The van der Waals surface area contributed by atoms with Gasteiger partial charge in [-0.15, -0.1) is 24.2 Å². The molecule has 0 fully saturated rings. The molecular weight excluding hydrogens is 408 g/mol. The number of hydrogen-bond acceptors (Lipinski definition) is 5. The van der Waals surface area contributed by atoms with Crippen LogP contribution < -0.4 is 9.47 Å². The van der Waals surface area contributed by atoms with Gasteiger partial charge in [-0.25, -0.2) is 4.79 Å². The Kier molecular flexibility index (Phi) is 10.4. The van der Waals surface area contributed by atoms with Gasteiger partial charge in [0.2, 0.25) is 0 Å². The van der Waals surface area contributed by atoms with Crippen molar-refractivity contribution in [2.45, 2.75) is 24.3 Å². The first kappa shape index (κ1) is 25.1. The van der Waals surface area contributed by atoms with Crippen molar-refractivity contribution in [1.82, 2.24) is 9.80 Å². The van der Waals surface area contributed by atoms with Gasteiger partial charge in [-0.3, -0.25) is 0 Å². The number of hydrogen-bond donors (Lipinski definition) is 0. The fraction of sp³-hybridized carbons (Fsp3) is 0.409. The molecule has 2 rings (SSSR count). The largest absolute Gasteiger partial charge is 0.494 e. The highest BCUT2D eigenvalue weighted by Gasteiger charge is 2.17. The summed E-state index contributed by atoms with van der Waals surface area (Å²) in [7, 11) is 7.46. The number of ether oxygens (including phenoxy) is 2. The zero-order valence-electron chi connectivity index (χ0n) is 18.0. The van der Waals surface area contributed by atoms with E-state index in [0.29, 0.717) is 12.4 Å². The monoisotopic (exact) mass is 438 g/mol. The highest BCUT2D eigenvalue weighted by Crippen LogP contribution is 2.28. The van der Waals surface area contributed by atoms with E-state index in [0.717, 1.165) is 17.7 Å². The highest BCUT2D eigenvalue weighted by molar-refractivity contribution is 7.98. The molecule has 160 valence electrons. The molecule has 2 aromatic rings. The van der Waals surface area contributed by atoms with E-state index in [9.17, 15) is 4.79 Å². The van der Waals surface area contributed by atoms with Gasteiger partial charge in [-0.2, -0.15) is 0 Å². The maximum atomic E-state index is 11.8. The van der Waals surface area contributed by atoms with Crippen molar-refractivity contribution in [3.8, 4) is 11.5 Å². The molecule has 5 nitrogen and oxygen atoms in total. The lowest BCUT2D eigenvalue weighted by Crippen LogP contribution is -2.25. The van der Waals surface area contributed by atoms with Crippen molar-refractivity contribution in [3.05, 3.63) is 53.6 Å². The molecule has 29 heavy (non-hydrogen) atoms. The molecule has 0 bridgehead atoms. The number of rotatable bonds is 8. The van der Waals surface area contributed by atoms with Crippen molar-refractivity contribution >= 4 is 30.3 Å². The van der Waals surface area contributed by atoms with E-state index in [2.05, 4.69) is 43.5 Å². The van der Waals surface area contributed by atoms with E-state index < -0.39 is 0 Å². The summed E-state index contributed by atoms with van der Waals surface area (Å²) in [5.74, 6) is 1.47. The second kappa shape index (κ2) is 12.0. The molecule has 0 aliphatic heterocycles. The zero-order chi connectivity index (χ0) is 20.7. The summed E-state index contributed by atoms with van der Waals surface area (Å²) < 4.78 is 11.3. The highest BCUT2D eigenvalue weighted by atomic mass is 35.5. The second-order valence-electron chi connectivity index (χ2n) is 7.08. The van der Waals surface area contributed by atoms with Crippen LogP contribution >= 0.6 is 24.2 Å². The first-order valence-corrected chi connectivity index (χ1v) is 10.5.